The molecule has 2 saturated heterocycles. The van der Waals surface area contributed by atoms with E-state index in [9.17, 15) is 14.4 Å². The largest absolute Gasteiger partial charge is 0.469 e. The van der Waals surface area contributed by atoms with Gasteiger partial charge in [0.15, 0.2) is 0 Å². The van der Waals surface area contributed by atoms with Crippen molar-refractivity contribution in [2.45, 2.75) is 32.6 Å². The van der Waals surface area contributed by atoms with Crippen LogP contribution in [-0.4, -0.2) is 60.9 Å². The lowest BCUT2D eigenvalue weighted by Crippen LogP contribution is -2.49. The molecule has 3 rings (SSSR count). The summed E-state index contributed by atoms with van der Waals surface area (Å²) in [6.45, 7) is 4.33. The van der Waals surface area contributed by atoms with Crippen molar-refractivity contribution in [2.75, 3.05) is 33.3 Å². The number of amides is 2. The first-order valence-electron chi connectivity index (χ1n) is 9.72. The van der Waals surface area contributed by atoms with Gasteiger partial charge in [0, 0.05) is 31.7 Å². The molecule has 0 N–H and O–H groups in total. The predicted molar refractivity (Wildman–Crippen MR) is 101 cm³/mol. The molecule has 6 nitrogen and oxygen atoms in total. The van der Waals surface area contributed by atoms with Crippen LogP contribution in [0.5, 0.6) is 0 Å². The molecule has 0 spiro atoms. The fourth-order valence-corrected chi connectivity index (χ4v) is 4.00. The number of carbonyl (C=O) groups is 3. The van der Waals surface area contributed by atoms with E-state index >= 15 is 0 Å². The summed E-state index contributed by atoms with van der Waals surface area (Å²) >= 11 is 0. The highest BCUT2D eigenvalue weighted by Gasteiger charge is 2.34. The molecule has 2 heterocycles. The van der Waals surface area contributed by atoms with Crippen LogP contribution in [0.4, 0.5) is 0 Å². The Labute approximate surface area is 160 Å². The SMILES string of the molecule is COC(=O)C1CCN(C(=O)[C@H]2CCCN(C(=O)c3ccc(C)cc3)C2)CC1. The summed E-state index contributed by atoms with van der Waals surface area (Å²) in [4.78, 5) is 41.0. The maximum atomic E-state index is 12.9. The van der Waals surface area contributed by atoms with E-state index in [1.165, 1.54) is 7.11 Å². The van der Waals surface area contributed by atoms with Gasteiger partial charge in [0.25, 0.3) is 5.91 Å². The molecule has 2 amide bonds. The van der Waals surface area contributed by atoms with Crippen molar-refractivity contribution in [3.63, 3.8) is 0 Å². The highest BCUT2D eigenvalue weighted by Crippen LogP contribution is 2.24. The predicted octanol–water partition coefficient (Wildman–Crippen LogP) is 2.26. The Morgan fingerprint density at radius 3 is 2.22 bits per heavy atom. The summed E-state index contributed by atoms with van der Waals surface area (Å²) in [5, 5.41) is 0. The lowest BCUT2D eigenvalue weighted by atomic mass is 9.92. The minimum absolute atomic E-state index is 0.00287. The molecular formula is C21H28N2O4. The Bertz CT molecular complexity index is 693. The second kappa shape index (κ2) is 8.55. The lowest BCUT2D eigenvalue weighted by molar-refractivity contribution is -0.150. The molecule has 2 fully saturated rings. The number of esters is 1. The van der Waals surface area contributed by atoms with Gasteiger partial charge in [0.05, 0.1) is 18.9 Å². The normalized spacial score (nSPS) is 21.0. The second-order valence-corrected chi connectivity index (χ2v) is 7.58. The van der Waals surface area contributed by atoms with Crippen LogP contribution >= 0.6 is 0 Å². The Kier molecular flexibility index (Phi) is 6.14. The molecule has 2 aliphatic heterocycles. The molecule has 0 aliphatic carbocycles. The number of rotatable bonds is 3. The number of ether oxygens (including phenoxy) is 1. The zero-order chi connectivity index (χ0) is 19.4. The van der Waals surface area contributed by atoms with Crippen LogP contribution in [0.2, 0.25) is 0 Å². The first-order valence-corrected chi connectivity index (χ1v) is 9.72. The van der Waals surface area contributed by atoms with Crippen LogP contribution < -0.4 is 0 Å². The third kappa shape index (κ3) is 4.49. The summed E-state index contributed by atoms with van der Waals surface area (Å²) < 4.78 is 4.80. The van der Waals surface area contributed by atoms with E-state index < -0.39 is 0 Å². The molecular weight excluding hydrogens is 344 g/mol. The quantitative estimate of drug-likeness (QED) is 0.764. The molecule has 0 unspecified atom stereocenters. The first-order chi connectivity index (χ1) is 13.0. The van der Waals surface area contributed by atoms with Gasteiger partial charge in [-0.05, 0) is 44.7 Å². The average molecular weight is 372 g/mol. The zero-order valence-corrected chi connectivity index (χ0v) is 16.1. The molecule has 0 saturated carbocycles. The summed E-state index contributed by atoms with van der Waals surface area (Å²) in [5.41, 5.74) is 1.79. The van der Waals surface area contributed by atoms with Gasteiger partial charge in [-0.25, -0.2) is 0 Å². The molecule has 6 heteroatoms. The van der Waals surface area contributed by atoms with E-state index in [2.05, 4.69) is 0 Å². The van der Waals surface area contributed by atoms with Crippen molar-refractivity contribution in [2.24, 2.45) is 11.8 Å². The fraction of sp³-hybridized carbons (Fsp3) is 0.571. The van der Waals surface area contributed by atoms with E-state index in [1.807, 2.05) is 36.1 Å². The summed E-state index contributed by atoms with van der Waals surface area (Å²) in [7, 11) is 1.40. The molecule has 1 aromatic rings. The fourth-order valence-electron chi connectivity index (χ4n) is 4.00. The Morgan fingerprint density at radius 1 is 0.926 bits per heavy atom. The minimum atomic E-state index is -0.186. The standard InChI is InChI=1S/C21H28N2O4/c1-15-5-7-16(8-6-15)19(24)23-11-3-4-18(14-23)20(25)22-12-9-17(10-13-22)21(26)27-2/h5-8,17-18H,3-4,9-14H2,1-2H3/t18-/m0/s1. The van der Waals surface area contributed by atoms with Gasteiger partial charge in [0.1, 0.15) is 0 Å². The van der Waals surface area contributed by atoms with Crippen LogP contribution in [0, 0.1) is 18.8 Å². The van der Waals surface area contributed by atoms with Crippen molar-refractivity contribution < 1.29 is 19.1 Å². The minimum Gasteiger partial charge on any atom is -0.469 e. The van der Waals surface area contributed by atoms with Gasteiger partial charge in [0.2, 0.25) is 5.91 Å². The maximum Gasteiger partial charge on any atom is 0.308 e. The van der Waals surface area contributed by atoms with Crippen LogP contribution in [0.1, 0.15) is 41.6 Å². The lowest BCUT2D eigenvalue weighted by Gasteiger charge is -2.37. The highest BCUT2D eigenvalue weighted by atomic mass is 16.5. The number of aryl methyl sites for hydroxylation is 1. The van der Waals surface area contributed by atoms with Gasteiger partial charge in [-0.3, -0.25) is 14.4 Å². The molecule has 2 aliphatic rings. The number of hydrogen-bond acceptors (Lipinski definition) is 4. The van der Waals surface area contributed by atoms with E-state index in [-0.39, 0.29) is 29.6 Å². The van der Waals surface area contributed by atoms with Gasteiger partial charge >= 0.3 is 5.97 Å². The number of benzene rings is 1. The van der Waals surface area contributed by atoms with Crippen molar-refractivity contribution in [3.05, 3.63) is 35.4 Å². The number of carbonyl (C=O) groups excluding carboxylic acids is 3. The van der Waals surface area contributed by atoms with Gasteiger partial charge < -0.3 is 14.5 Å². The van der Waals surface area contributed by atoms with Crippen LogP contribution in [0.25, 0.3) is 0 Å². The van der Waals surface area contributed by atoms with E-state index in [0.29, 0.717) is 44.6 Å². The van der Waals surface area contributed by atoms with E-state index in [0.717, 1.165) is 18.4 Å². The third-order valence-corrected chi connectivity index (χ3v) is 5.70. The van der Waals surface area contributed by atoms with E-state index in [1.54, 1.807) is 4.90 Å². The van der Waals surface area contributed by atoms with Crippen LogP contribution in [-0.2, 0) is 14.3 Å². The van der Waals surface area contributed by atoms with Crippen LogP contribution in [0.15, 0.2) is 24.3 Å². The number of hydrogen-bond donors (Lipinski definition) is 0. The van der Waals surface area contributed by atoms with Crippen molar-refractivity contribution in [1.82, 2.24) is 9.80 Å². The Hall–Kier alpha value is -2.37. The summed E-state index contributed by atoms with van der Waals surface area (Å²) in [5.74, 6) is -0.334. The third-order valence-electron chi connectivity index (χ3n) is 5.70. The Morgan fingerprint density at radius 2 is 1.59 bits per heavy atom. The van der Waals surface area contributed by atoms with Crippen molar-refractivity contribution in [3.8, 4) is 0 Å². The topological polar surface area (TPSA) is 66.9 Å². The molecule has 0 radical (unpaired) electrons. The average Bonchev–Trinajstić information content (AvgIpc) is 2.73. The Balaban J connectivity index is 1.57. The number of nitrogens with zero attached hydrogens (tertiary/aromatic N) is 2. The molecule has 0 bridgehead atoms. The molecule has 0 aromatic heterocycles. The van der Waals surface area contributed by atoms with Gasteiger partial charge in [-0.2, -0.15) is 0 Å². The van der Waals surface area contributed by atoms with Crippen molar-refractivity contribution >= 4 is 17.8 Å². The number of methoxy groups -OCH3 is 1. The summed E-state index contributed by atoms with van der Waals surface area (Å²) in [6, 6.07) is 7.57. The van der Waals surface area contributed by atoms with Gasteiger partial charge in [-0.15, -0.1) is 0 Å². The van der Waals surface area contributed by atoms with Gasteiger partial charge in [-0.1, -0.05) is 17.7 Å². The second-order valence-electron chi connectivity index (χ2n) is 7.58. The zero-order valence-electron chi connectivity index (χ0n) is 16.1. The van der Waals surface area contributed by atoms with E-state index in [4.69, 9.17) is 4.74 Å². The summed E-state index contributed by atoms with van der Waals surface area (Å²) in [6.07, 6.45) is 2.95. The molecule has 1 aromatic carbocycles. The monoisotopic (exact) mass is 372 g/mol. The molecule has 146 valence electrons. The van der Waals surface area contributed by atoms with Crippen molar-refractivity contribution in [1.29, 1.82) is 0 Å². The molecule has 27 heavy (non-hydrogen) atoms. The smallest absolute Gasteiger partial charge is 0.308 e. The molecule has 1 atom stereocenters. The maximum absolute atomic E-state index is 12.9. The number of piperidine rings is 2. The highest BCUT2D eigenvalue weighted by molar-refractivity contribution is 5.94. The van der Waals surface area contributed by atoms with Crippen LogP contribution in [0.3, 0.4) is 0 Å². The number of likely N-dealkylation sites (tertiary alicyclic amines) is 2. The first kappa shape index (κ1) is 19.4.